The second kappa shape index (κ2) is 7.38. The molecule has 18 heavy (non-hydrogen) atoms. The van der Waals surface area contributed by atoms with Crippen molar-refractivity contribution < 1.29 is 9.90 Å². The Balaban J connectivity index is 2.94. The minimum absolute atomic E-state index is 0.0177. The van der Waals surface area contributed by atoms with Gasteiger partial charge < -0.3 is 10.0 Å². The van der Waals surface area contributed by atoms with Crippen LogP contribution in [0.25, 0.3) is 0 Å². The van der Waals surface area contributed by atoms with Crippen LogP contribution in [0.1, 0.15) is 30.6 Å². The van der Waals surface area contributed by atoms with Gasteiger partial charge >= 0.3 is 0 Å². The zero-order valence-electron chi connectivity index (χ0n) is 11.1. The number of amides is 1. The Labute approximate surface area is 112 Å². The highest BCUT2D eigenvalue weighted by Crippen LogP contribution is 2.19. The van der Waals surface area contributed by atoms with Gasteiger partial charge in [-0.3, -0.25) is 4.79 Å². The van der Waals surface area contributed by atoms with E-state index in [-0.39, 0.29) is 18.6 Å². The van der Waals surface area contributed by atoms with Crippen molar-refractivity contribution in [1.82, 2.24) is 9.88 Å². The molecular formula is C13H20N2O2S. The van der Waals surface area contributed by atoms with Crippen LogP contribution in [0, 0.1) is 0 Å². The second-order valence-electron chi connectivity index (χ2n) is 4.23. The third-order valence-electron chi connectivity index (χ3n) is 2.64. The summed E-state index contributed by atoms with van der Waals surface area (Å²) >= 11 is 1.47. The van der Waals surface area contributed by atoms with E-state index in [0.29, 0.717) is 18.5 Å². The number of nitrogens with zero attached hydrogens (tertiary/aromatic N) is 2. The van der Waals surface area contributed by atoms with Gasteiger partial charge in [0.15, 0.2) is 0 Å². The molecule has 0 saturated carbocycles. The Morgan fingerprint density at radius 3 is 2.83 bits per heavy atom. The molecule has 4 nitrogen and oxygen atoms in total. The summed E-state index contributed by atoms with van der Waals surface area (Å²) in [5.74, 6) is -0.0177. The highest BCUT2D eigenvalue weighted by molar-refractivity contribution is 7.98. The lowest BCUT2D eigenvalue weighted by molar-refractivity contribution is 0.0688. The maximum absolute atomic E-state index is 12.5. The van der Waals surface area contributed by atoms with Gasteiger partial charge in [0.25, 0.3) is 5.91 Å². The Bertz CT molecular complexity index is 396. The lowest BCUT2D eigenvalue weighted by Gasteiger charge is -2.27. The molecule has 0 unspecified atom stereocenters. The number of carbonyl (C=O) groups excluding carboxylic acids is 1. The minimum atomic E-state index is -0.0177. The number of carbonyl (C=O) groups is 1. The summed E-state index contributed by atoms with van der Waals surface area (Å²) in [6.07, 6.45) is 4.20. The van der Waals surface area contributed by atoms with Crippen LogP contribution in [0.15, 0.2) is 23.4 Å². The van der Waals surface area contributed by atoms with Crippen LogP contribution in [0.4, 0.5) is 0 Å². The van der Waals surface area contributed by atoms with E-state index in [1.807, 2.05) is 20.1 Å². The minimum Gasteiger partial charge on any atom is -0.396 e. The monoisotopic (exact) mass is 268 g/mol. The normalized spacial score (nSPS) is 10.7. The lowest BCUT2D eigenvalue weighted by Crippen LogP contribution is -2.38. The molecule has 1 aromatic heterocycles. The van der Waals surface area contributed by atoms with Crippen LogP contribution in [0.5, 0.6) is 0 Å². The topological polar surface area (TPSA) is 53.4 Å². The maximum atomic E-state index is 12.5. The maximum Gasteiger partial charge on any atom is 0.256 e. The summed E-state index contributed by atoms with van der Waals surface area (Å²) in [7, 11) is 0. The lowest BCUT2D eigenvalue weighted by atomic mass is 10.2. The van der Waals surface area contributed by atoms with Gasteiger partial charge in [-0.05, 0) is 38.7 Å². The van der Waals surface area contributed by atoms with Crippen molar-refractivity contribution in [2.75, 3.05) is 19.4 Å². The zero-order chi connectivity index (χ0) is 13.5. The number of aliphatic hydroxyl groups excluding tert-OH is 1. The standard InChI is InChI=1S/C13H20N2O2S/c1-10(2)15(8-5-9-16)13(17)11-6-4-7-14-12(11)18-3/h4,6-7,10,16H,5,8-9H2,1-3H3. The van der Waals surface area contributed by atoms with E-state index in [1.165, 1.54) is 11.8 Å². The van der Waals surface area contributed by atoms with Crippen LogP contribution in [0.2, 0.25) is 0 Å². The predicted molar refractivity (Wildman–Crippen MR) is 73.9 cm³/mol. The molecule has 100 valence electrons. The number of hydrogen-bond acceptors (Lipinski definition) is 4. The summed E-state index contributed by atoms with van der Waals surface area (Å²) in [4.78, 5) is 18.4. The van der Waals surface area contributed by atoms with Crippen molar-refractivity contribution in [2.24, 2.45) is 0 Å². The van der Waals surface area contributed by atoms with E-state index in [4.69, 9.17) is 5.11 Å². The molecule has 0 aliphatic carbocycles. The van der Waals surface area contributed by atoms with Gasteiger partial charge in [0.1, 0.15) is 5.03 Å². The molecule has 1 rings (SSSR count). The fourth-order valence-electron chi connectivity index (χ4n) is 1.71. The summed E-state index contributed by atoms with van der Waals surface area (Å²) in [6.45, 7) is 4.61. The van der Waals surface area contributed by atoms with Crippen molar-refractivity contribution >= 4 is 17.7 Å². The van der Waals surface area contributed by atoms with Crippen LogP contribution < -0.4 is 0 Å². The molecule has 0 atom stereocenters. The van der Waals surface area contributed by atoms with E-state index in [2.05, 4.69) is 4.98 Å². The smallest absolute Gasteiger partial charge is 0.256 e. The average molecular weight is 268 g/mol. The number of pyridine rings is 1. The zero-order valence-corrected chi connectivity index (χ0v) is 11.9. The van der Waals surface area contributed by atoms with Crippen LogP contribution >= 0.6 is 11.8 Å². The molecule has 0 radical (unpaired) electrons. The fourth-order valence-corrected chi connectivity index (χ4v) is 2.25. The van der Waals surface area contributed by atoms with Gasteiger partial charge in [-0.25, -0.2) is 4.98 Å². The van der Waals surface area contributed by atoms with E-state index in [1.54, 1.807) is 23.2 Å². The summed E-state index contributed by atoms with van der Waals surface area (Å²) < 4.78 is 0. The third kappa shape index (κ3) is 3.71. The Hall–Kier alpha value is -1.07. The summed E-state index contributed by atoms with van der Waals surface area (Å²) in [6, 6.07) is 3.69. The third-order valence-corrected chi connectivity index (χ3v) is 3.35. The fraction of sp³-hybridized carbons (Fsp3) is 0.538. The molecular weight excluding hydrogens is 248 g/mol. The first-order chi connectivity index (χ1) is 8.61. The van der Waals surface area contributed by atoms with Gasteiger partial charge in [0, 0.05) is 25.4 Å². The van der Waals surface area contributed by atoms with E-state index in [9.17, 15) is 4.79 Å². The molecule has 0 aromatic carbocycles. The molecule has 0 bridgehead atoms. The SMILES string of the molecule is CSc1ncccc1C(=O)N(CCCO)C(C)C. The van der Waals surface area contributed by atoms with Gasteiger partial charge in [0.2, 0.25) is 0 Å². The molecule has 5 heteroatoms. The molecule has 0 fully saturated rings. The summed E-state index contributed by atoms with van der Waals surface area (Å²) in [5.41, 5.74) is 0.636. The number of rotatable bonds is 6. The predicted octanol–water partition coefficient (Wildman–Crippen LogP) is 2.04. The van der Waals surface area contributed by atoms with Crippen molar-refractivity contribution in [3.63, 3.8) is 0 Å². The first-order valence-corrected chi connectivity index (χ1v) is 7.25. The van der Waals surface area contributed by atoms with E-state index >= 15 is 0 Å². The highest BCUT2D eigenvalue weighted by Gasteiger charge is 2.21. The largest absolute Gasteiger partial charge is 0.396 e. The Morgan fingerprint density at radius 1 is 1.56 bits per heavy atom. The van der Waals surface area contributed by atoms with E-state index < -0.39 is 0 Å². The molecule has 1 amide bonds. The molecule has 0 aliphatic heterocycles. The summed E-state index contributed by atoms with van der Waals surface area (Å²) in [5, 5.41) is 9.64. The Kier molecular flexibility index (Phi) is 6.15. The Morgan fingerprint density at radius 2 is 2.28 bits per heavy atom. The number of aromatic nitrogens is 1. The molecule has 0 aliphatic rings. The van der Waals surface area contributed by atoms with Crippen LogP contribution in [0.3, 0.4) is 0 Å². The van der Waals surface area contributed by atoms with Gasteiger partial charge in [-0.15, -0.1) is 11.8 Å². The quantitative estimate of drug-likeness (QED) is 0.802. The van der Waals surface area contributed by atoms with Gasteiger partial charge in [-0.1, -0.05) is 0 Å². The second-order valence-corrected chi connectivity index (χ2v) is 5.02. The van der Waals surface area contributed by atoms with Gasteiger partial charge in [0.05, 0.1) is 5.56 Å². The first kappa shape index (κ1) is 15.0. The molecule has 1 aromatic rings. The van der Waals surface area contributed by atoms with Crippen LogP contribution in [-0.4, -0.2) is 46.3 Å². The number of aliphatic hydroxyl groups is 1. The average Bonchev–Trinajstić information content (AvgIpc) is 2.38. The number of hydrogen-bond donors (Lipinski definition) is 1. The molecule has 1 heterocycles. The number of thioether (sulfide) groups is 1. The van der Waals surface area contributed by atoms with Gasteiger partial charge in [-0.2, -0.15) is 0 Å². The molecule has 0 spiro atoms. The van der Waals surface area contributed by atoms with Crippen molar-refractivity contribution in [3.8, 4) is 0 Å². The van der Waals surface area contributed by atoms with Crippen molar-refractivity contribution in [3.05, 3.63) is 23.9 Å². The highest BCUT2D eigenvalue weighted by atomic mass is 32.2. The molecule has 1 N–H and O–H groups in total. The van der Waals surface area contributed by atoms with Crippen molar-refractivity contribution in [1.29, 1.82) is 0 Å². The van der Waals surface area contributed by atoms with E-state index in [0.717, 1.165) is 5.03 Å². The van der Waals surface area contributed by atoms with Crippen molar-refractivity contribution in [2.45, 2.75) is 31.3 Å². The van der Waals surface area contributed by atoms with Crippen LogP contribution in [-0.2, 0) is 0 Å². The first-order valence-electron chi connectivity index (χ1n) is 6.02. The molecule has 0 saturated heterocycles.